The molecule has 22 heavy (non-hydrogen) atoms. The van der Waals surface area contributed by atoms with Crippen LogP contribution in [0.2, 0.25) is 10.0 Å². The molecule has 0 aromatic heterocycles. The third-order valence-electron chi connectivity index (χ3n) is 3.73. The van der Waals surface area contributed by atoms with E-state index in [2.05, 4.69) is 5.32 Å². The molecule has 0 bridgehead atoms. The van der Waals surface area contributed by atoms with E-state index in [-0.39, 0.29) is 18.2 Å². The maximum atomic E-state index is 12.5. The number of hydrogen-bond acceptors (Lipinski definition) is 3. The fraction of sp³-hybridized carbons (Fsp3) is 0.571. The number of nitrogens with one attached hydrogen (secondary N) is 1. The highest BCUT2D eigenvalue weighted by molar-refractivity contribution is 7.88. The lowest BCUT2D eigenvalue weighted by molar-refractivity contribution is 0.270. The molecule has 126 valence electrons. The van der Waals surface area contributed by atoms with Crippen molar-refractivity contribution < 1.29 is 8.42 Å². The summed E-state index contributed by atoms with van der Waals surface area (Å²) in [6, 6.07) is 4.90. The van der Waals surface area contributed by atoms with E-state index < -0.39 is 10.0 Å². The summed E-state index contributed by atoms with van der Waals surface area (Å²) in [5, 5.41) is 4.06. The van der Waals surface area contributed by atoms with Crippen molar-refractivity contribution in [1.29, 1.82) is 0 Å². The van der Waals surface area contributed by atoms with E-state index in [1.165, 1.54) is 0 Å². The van der Waals surface area contributed by atoms with Crippen molar-refractivity contribution in [2.24, 2.45) is 5.92 Å². The van der Waals surface area contributed by atoms with Gasteiger partial charge in [0.1, 0.15) is 0 Å². The second kappa shape index (κ2) is 8.71. The summed E-state index contributed by atoms with van der Waals surface area (Å²) in [6.07, 6.45) is 1.80. The van der Waals surface area contributed by atoms with Crippen LogP contribution in [0.1, 0.15) is 18.4 Å². The van der Waals surface area contributed by atoms with Gasteiger partial charge in [-0.25, -0.2) is 12.7 Å². The van der Waals surface area contributed by atoms with Gasteiger partial charge >= 0.3 is 0 Å². The first-order chi connectivity index (χ1) is 9.90. The van der Waals surface area contributed by atoms with E-state index in [0.717, 1.165) is 19.4 Å². The van der Waals surface area contributed by atoms with Gasteiger partial charge in [-0.15, -0.1) is 12.4 Å². The van der Waals surface area contributed by atoms with Gasteiger partial charge < -0.3 is 5.32 Å². The number of hydrogen-bond donors (Lipinski definition) is 1. The summed E-state index contributed by atoms with van der Waals surface area (Å²) in [6.45, 7) is 2.11. The fourth-order valence-electron chi connectivity index (χ4n) is 2.68. The van der Waals surface area contributed by atoms with Crippen molar-refractivity contribution in [3.05, 3.63) is 33.8 Å². The molecule has 4 nitrogen and oxygen atoms in total. The Bertz CT molecular complexity index is 568. The van der Waals surface area contributed by atoms with Crippen molar-refractivity contribution in [3.8, 4) is 0 Å². The largest absolute Gasteiger partial charge is 0.319 e. The summed E-state index contributed by atoms with van der Waals surface area (Å²) in [4.78, 5) is 0. The first-order valence-electron chi connectivity index (χ1n) is 6.98. The molecule has 2 rings (SSSR count). The highest BCUT2D eigenvalue weighted by Gasteiger charge is 2.27. The minimum absolute atomic E-state index is 0. The number of halogens is 3. The normalized spacial score (nSPS) is 17.2. The Morgan fingerprint density at radius 2 is 1.73 bits per heavy atom. The van der Waals surface area contributed by atoms with Gasteiger partial charge in [0.05, 0.1) is 5.75 Å². The molecular weight excluding hydrogens is 367 g/mol. The lowest BCUT2D eigenvalue weighted by Crippen LogP contribution is -2.40. The van der Waals surface area contributed by atoms with E-state index in [0.29, 0.717) is 34.6 Å². The molecule has 0 radical (unpaired) electrons. The lowest BCUT2D eigenvalue weighted by atomic mass is 9.98. The quantitative estimate of drug-likeness (QED) is 0.844. The van der Waals surface area contributed by atoms with Crippen LogP contribution in [0, 0.1) is 5.92 Å². The second-order valence-electron chi connectivity index (χ2n) is 5.43. The van der Waals surface area contributed by atoms with Crippen LogP contribution in [-0.2, 0) is 15.8 Å². The molecule has 1 N–H and O–H groups in total. The zero-order chi connectivity index (χ0) is 15.5. The van der Waals surface area contributed by atoms with Crippen molar-refractivity contribution in [2.75, 3.05) is 26.7 Å². The highest BCUT2D eigenvalue weighted by Crippen LogP contribution is 2.24. The van der Waals surface area contributed by atoms with E-state index in [9.17, 15) is 8.42 Å². The molecule has 0 spiro atoms. The minimum atomic E-state index is -3.31. The molecule has 0 amide bonds. The van der Waals surface area contributed by atoms with Crippen LogP contribution in [-0.4, -0.2) is 39.4 Å². The average Bonchev–Trinajstić information content (AvgIpc) is 2.38. The molecule has 0 atom stereocenters. The van der Waals surface area contributed by atoms with Crippen LogP contribution in [0.4, 0.5) is 0 Å². The van der Waals surface area contributed by atoms with Gasteiger partial charge in [-0.3, -0.25) is 0 Å². The topological polar surface area (TPSA) is 49.4 Å². The van der Waals surface area contributed by atoms with Crippen molar-refractivity contribution in [1.82, 2.24) is 9.62 Å². The molecule has 8 heteroatoms. The molecule has 1 aromatic rings. The molecule has 1 saturated heterocycles. The average molecular weight is 388 g/mol. The number of rotatable bonds is 5. The van der Waals surface area contributed by atoms with Crippen LogP contribution < -0.4 is 5.32 Å². The van der Waals surface area contributed by atoms with Gasteiger partial charge in [0.15, 0.2) is 0 Å². The monoisotopic (exact) mass is 386 g/mol. The SMILES string of the molecule is CNCC1CCN(S(=O)(=O)Cc2cc(Cl)cc(Cl)c2)CC1.Cl. The van der Waals surface area contributed by atoms with Gasteiger partial charge in [0.25, 0.3) is 0 Å². The van der Waals surface area contributed by atoms with Gasteiger partial charge in [-0.1, -0.05) is 23.2 Å². The first kappa shape index (κ1) is 20.0. The zero-order valence-corrected chi connectivity index (χ0v) is 15.5. The molecule has 1 aliphatic heterocycles. The van der Waals surface area contributed by atoms with Crippen molar-refractivity contribution >= 4 is 45.6 Å². The second-order valence-corrected chi connectivity index (χ2v) is 8.28. The van der Waals surface area contributed by atoms with Crippen molar-refractivity contribution in [3.63, 3.8) is 0 Å². The minimum Gasteiger partial charge on any atom is -0.319 e. The Kier molecular flexibility index (Phi) is 7.92. The van der Waals surface area contributed by atoms with E-state index >= 15 is 0 Å². The van der Waals surface area contributed by atoms with Crippen LogP contribution in [0.3, 0.4) is 0 Å². The molecule has 0 saturated carbocycles. The Morgan fingerprint density at radius 1 is 1.18 bits per heavy atom. The highest BCUT2D eigenvalue weighted by atomic mass is 35.5. The van der Waals surface area contributed by atoms with Gasteiger partial charge in [-0.05, 0) is 56.1 Å². The molecule has 1 fully saturated rings. The summed E-state index contributed by atoms with van der Waals surface area (Å²) >= 11 is 11.8. The molecule has 0 aliphatic carbocycles. The van der Waals surface area contributed by atoms with Crippen molar-refractivity contribution in [2.45, 2.75) is 18.6 Å². The maximum absolute atomic E-state index is 12.5. The third-order valence-corrected chi connectivity index (χ3v) is 6.02. The number of nitrogens with zero attached hydrogens (tertiary/aromatic N) is 1. The fourth-order valence-corrected chi connectivity index (χ4v) is 4.79. The van der Waals surface area contributed by atoms with Gasteiger partial charge in [0.2, 0.25) is 10.0 Å². The smallest absolute Gasteiger partial charge is 0.218 e. The number of sulfonamides is 1. The zero-order valence-electron chi connectivity index (χ0n) is 12.4. The number of benzene rings is 1. The van der Waals surface area contributed by atoms with Crippen LogP contribution >= 0.6 is 35.6 Å². The molecule has 1 aliphatic rings. The van der Waals surface area contributed by atoms with E-state index in [1.54, 1.807) is 22.5 Å². The third kappa shape index (κ3) is 5.55. The molecule has 0 unspecified atom stereocenters. The molecule has 1 aromatic carbocycles. The van der Waals surface area contributed by atoms with Gasteiger partial charge in [0, 0.05) is 23.1 Å². The summed E-state index contributed by atoms with van der Waals surface area (Å²) < 4.78 is 26.5. The lowest BCUT2D eigenvalue weighted by Gasteiger charge is -2.31. The van der Waals surface area contributed by atoms with E-state index in [4.69, 9.17) is 23.2 Å². The Labute approximate surface area is 148 Å². The van der Waals surface area contributed by atoms with Gasteiger partial charge in [-0.2, -0.15) is 0 Å². The summed E-state index contributed by atoms with van der Waals surface area (Å²) in [5.74, 6) is 0.506. The summed E-state index contributed by atoms with van der Waals surface area (Å²) in [5.41, 5.74) is 0.629. The summed E-state index contributed by atoms with van der Waals surface area (Å²) in [7, 11) is -1.39. The Morgan fingerprint density at radius 3 is 2.23 bits per heavy atom. The molecule has 1 heterocycles. The predicted octanol–water partition coefficient (Wildman–Crippen LogP) is 3.18. The molecular formula is C14H21Cl3N2O2S. The Hall–Kier alpha value is -0.0400. The van der Waals surface area contributed by atoms with Crippen LogP contribution in [0.25, 0.3) is 0 Å². The Balaban J connectivity index is 0.00000242. The van der Waals surface area contributed by atoms with Crippen LogP contribution in [0.15, 0.2) is 18.2 Å². The maximum Gasteiger partial charge on any atom is 0.218 e. The predicted molar refractivity (Wildman–Crippen MR) is 94.6 cm³/mol. The standard InChI is InChI=1S/C14H20Cl2N2O2S.ClH/c1-17-9-11-2-4-18(5-3-11)21(19,20)10-12-6-13(15)8-14(16)7-12;/h6-8,11,17H,2-5,9-10H2,1H3;1H. The number of piperidine rings is 1. The van der Waals surface area contributed by atoms with E-state index in [1.807, 2.05) is 7.05 Å². The first-order valence-corrected chi connectivity index (χ1v) is 9.34. The van der Waals surface area contributed by atoms with Crippen LogP contribution in [0.5, 0.6) is 0 Å².